The van der Waals surface area contributed by atoms with E-state index in [4.69, 9.17) is 9.47 Å². The maximum absolute atomic E-state index is 14.0. The average molecular weight is 597 g/mol. The van der Waals surface area contributed by atoms with E-state index in [0.717, 1.165) is 24.4 Å². The number of hydrogen-bond acceptors (Lipinski definition) is 8. The number of ether oxygens (including phenoxy) is 2. The number of rotatable bonds is 8. The van der Waals surface area contributed by atoms with E-state index in [1.807, 2.05) is 0 Å². The number of benzene rings is 1. The van der Waals surface area contributed by atoms with Gasteiger partial charge in [0.05, 0.1) is 11.8 Å². The lowest BCUT2D eigenvalue weighted by molar-refractivity contribution is -0.145. The van der Waals surface area contributed by atoms with Crippen molar-refractivity contribution in [1.82, 2.24) is 24.8 Å². The number of para-hydroxylation sites is 1. The first kappa shape index (κ1) is 30.8. The van der Waals surface area contributed by atoms with Gasteiger partial charge >= 0.3 is 18.2 Å². The molecule has 2 amide bonds. The van der Waals surface area contributed by atoms with Gasteiger partial charge in [0.25, 0.3) is 0 Å². The number of alkyl halides is 3. The number of hydrogen-bond donors (Lipinski definition) is 2. The number of carbonyl (C=O) groups excluding carboxylic acids is 1. The van der Waals surface area contributed by atoms with Gasteiger partial charge in [-0.3, -0.25) is 0 Å². The summed E-state index contributed by atoms with van der Waals surface area (Å²) < 4.78 is 78.0. The Bertz CT molecular complexity index is 1390. The molecule has 1 aromatic carbocycles. The first-order chi connectivity index (χ1) is 19.7. The van der Waals surface area contributed by atoms with Gasteiger partial charge in [-0.05, 0) is 45.7 Å². The Morgan fingerprint density at radius 2 is 1.79 bits per heavy atom. The van der Waals surface area contributed by atoms with Crippen LogP contribution in [0.3, 0.4) is 0 Å². The van der Waals surface area contributed by atoms with Gasteiger partial charge in [0, 0.05) is 43.0 Å². The predicted octanol–water partition coefficient (Wildman–Crippen LogP) is 5.05. The zero-order valence-corrected chi connectivity index (χ0v) is 23.0. The number of urea groups is 1. The second-order valence-electron chi connectivity index (χ2n) is 10.2. The Morgan fingerprint density at radius 3 is 2.40 bits per heavy atom. The van der Waals surface area contributed by atoms with E-state index < -0.39 is 47.6 Å². The lowest BCUT2D eigenvalue weighted by Crippen LogP contribution is -2.41. The zero-order chi connectivity index (χ0) is 30.7. The summed E-state index contributed by atoms with van der Waals surface area (Å²) in [4.78, 5) is 29.4. The molecule has 15 heteroatoms. The quantitative estimate of drug-likeness (QED) is 0.347. The van der Waals surface area contributed by atoms with E-state index in [1.165, 1.54) is 24.1 Å². The van der Waals surface area contributed by atoms with E-state index in [0.29, 0.717) is 18.5 Å². The molecule has 2 aromatic heterocycles. The van der Waals surface area contributed by atoms with Gasteiger partial charge < -0.3 is 24.8 Å². The van der Waals surface area contributed by atoms with Crippen LogP contribution in [0.15, 0.2) is 36.7 Å². The highest BCUT2D eigenvalue weighted by molar-refractivity contribution is 5.89. The van der Waals surface area contributed by atoms with Crippen LogP contribution < -0.4 is 14.8 Å². The molecular formula is C27H29F5N6O4. The van der Waals surface area contributed by atoms with Crippen molar-refractivity contribution in [2.75, 3.05) is 25.0 Å². The standard InChI is InChI=1S/C27H29F5N6O4/c1-15(2)42-24-34-13-17(26(3,40)14-41-20-7-10-33-23(35-20)27(30,31)32)21(36-24)16-8-11-38(12-9-16)25(39)37-22-18(28)5-4-6-19(22)29/h4-7,10,13,15-16,40H,8-9,11-12,14H2,1-3H3,(H,37,39). The topological polar surface area (TPSA) is 123 Å². The van der Waals surface area contributed by atoms with Crippen molar-refractivity contribution in [2.24, 2.45) is 0 Å². The Labute approximate surface area is 237 Å². The van der Waals surface area contributed by atoms with Gasteiger partial charge in [-0.15, -0.1) is 0 Å². The number of amides is 2. The largest absolute Gasteiger partial charge is 0.474 e. The van der Waals surface area contributed by atoms with Crippen LogP contribution in [-0.2, 0) is 11.8 Å². The van der Waals surface area contributed by atoms with Crippen LogP contribution in [0.1, 0.15) is 56.6 Å². The Balaban J connectivity index is 1.51. The summed E-state index contributed by atoms with van der Waals surface area (Å²) in [6, 6.07) is 3.78. The van der Waals surface area contributed by atoms with Gasteiger partial charge in [-0.25, -0.2) is 23.5 Å². The van der Waals surface area contributed by atoms with Gasteiger partial charge in [0.1, 0.15) is 29.5 Å². The molecule has 1 unspecified atom stereocenters. The van der Waals surface area contributed by atoms with Crippen LogP contribution in [0.5, 0.6) is 11.9 Å². The molecule has 3 heterocycles. The molecule has 226 valence electrons. The van der Waals surface area contributed by atoms with E-state index in [1.54, 1.807) is 13.8 Å². The van der Waals surface area contributed by atoms with Crippen LogP contribution in [0.2, 0.25) is 0 Å². The number of aliphatic hydroxyl groups is 1. The third kappa shape index (κ3) is 7.38. The molecule has 1 saturated heterocycles. The minimum atomic E-state index is -4.77. The number of nitrogens with zero attached hydrogens (tertiary/aromatic N) is 5. The van der Waals surface area contributed by atoms with Crippen LogP contribution >= 0.6 is 0 Å². The number of aromatic nitrogens is 4. The SMILES string of the molecule is CC(C)Oc1ncc(C(C)(O)COc2ccnc(C(F)(F)F)n2)c(C2CCN(C(=O)Nc3c(F)cccc3F)CC2)n1. The molecule has 4 rings (SSSR count). The summed E-state index contributed by atoms with van der Waals surface area (Å²) in [6.45, 7) is 4.89. The molecule has 10 nitrogen and oxygen atoms in total. The number of likely N-dealkylation sites (tertiary alicyclic amines) is 1. The number of carbonyl (C=O) groups is 1. The molecule has 0 aliphatic carbocycles. The first-order valence-corrected chi connectivity index (χ1v) is 13.0. The molecule has 0 saturated carbocycles. The molecule has 0 spiro atoms. The zero-order valence-electron chi connectivity index (χ0n) is 23.0. The summed E-state index contributed by atoms with van der Waals surface area (Å²) in [5.41, 5.74) is -1.65. The molecule has 2 N–H and O–H groups in total. The second kappa shape index (κ2) is 12.4. The van der Waals surface area contributed by atoms with Crippen molar-refractivity contribution < 1.29 is 41.3 Å². The Morgan fingerprint density at radius 1 is 1.12 bits per heavy atom. The highest BCUT2D eigenvalue weighted by Crippen LogP contribution is 2.35. The van der Waals surface area contributed by atoms with Gasteiger partial charge in [-0.2, -0.15) is 23.1 Å². The highest BCUT2D eigenvalue weighted by atomic mass is 19.4. The lowest BCUT2D eigenvalue weighted by Gasteiger charge is -2.34. The van der Waals surface area contributed by atoms with Crippen LogP contribution in [-0.4, -0.2) is 61.8 Å². The van der Waals surface area contributed by atoms with E-state index in [-0.39, 0.29) is 42.6 Å². The monoisotopic (exact) mass is 596 g/mol. The fraction of sp³-hybridized carbons (Fsp3) is 0.444. The number of anilines is 1. The molecule has 42 heavy (non-hydrogen) atoms. The average Bonchev–Trinajstić information content (AvgIpc) is 2.93. The van der Waals surface area contributed by atoms with Crippen molar-refractivity contribution in [1.29, 1.82) is 0 Å². The minimum absolute atomic E-state index is 0.0567. The van der Waals surface area contributed by atoms with E-state index in [9.17, 15) is 31.9 Å². The van der Waals surface area contributed by atoms with Crippen LogP contribution in [0, 0.1) is 11.6 Å². The molecule has 0 radical (unpaired) electrons. The summed E-state index contributed by atoms with van der Waals surface area (Å²) in [7, 11) is 0. The normalized spacial score (nSPS) is 15.8. The molecule has 0 bridgehead atoms. The maximum atomic E-state index is 14.0. The molecule has 1 aliphatic rings. The van der Waals surface area contributed by atoms with Crippen molar-refractivity contribution in [3.8, 4) is 11.9 Å². The van der Waals surface area contributed by atoms with Crippen LogP contribution in [0.25, 0.3) is 0 Å². The third-order valence-electron chi connectivity index (χ3n) is 6.47. The van der Waals surface area contributed by atoms with Crippen molar-refractivity contribution in [3.63, 3.8) is 0 Å². The van der Waals surface area contributed by atoms with Gasteiger partial charge in [0.15, 0.2) is 0 Å². The third-order valence-corrected chi connectivity index (χ3v) is 6.47. The molecule has 1 aliphatic heterocycles. The Hall–Kier alpha value is -4.14. The van der Waals surface area contributed by atoms with E-state index in [2.05, 4.69) is 25.3 Å². The summed E-state index contributed by atoms with van der Waals surface area (Å²) in [6.07, 6.45) is -2.02. The maximum Gasteiger partial charge on any atom is 0.451 e. The van der Waals surface area contributed by atoms with Crippen molar-refractivity contribution in [3.05, 3.63) is 65.4 Å². The predicted molar refractivity (Wildman–Crippen MR) is 139 cm³/mol. The fourth-order valence-corrected chi connectivity index (χ4v) is 4.38. The first-order valence-electron chi connectivity index (χ1n) is 13.0. The molecular weight excluding hydrogens is 567 g/mol. The summed E-state index contributed by atoms with van der Waals surface area (Å²) in [5.74, 6) is -3.86. The summed E-state index contributed by atoms with van der Waals surface area (Å²) >= 11 is 0. The minimum Gasteiger partial charge on any atom is -0.474 e. The molecule has 1 fully saturated rings. The second-order valence-corrected chi connectivity index (χ2v) is 10.2. The highest BCUT2D eigenvalue weighted by Gasteiger charge is 2.37. The van der Waals surface area contributed by atoms with E-state index >= 15 is 0 Å². The smallest absolute Gasteiger partial charge is 0.451 e. The number of nitrogens with one attached hydrogen (secondary N) is 1. The fourth-order valence-electron chi connectivity index (χ4n) is 4.38. The molecule has 3 aromatic rings. The van der Waals surface area contributed by atoms with Crippen molar-refractivity contribution >= 4 is 11.7 Å². The van der Waals surface area contributed by atoms with Crippen LogP contribution in [0.4, 0.5) is 32.4 Å². The van der Waals surface area contributed by atoms with Gasteiger partial charge in [0.2, 0.25) is 11.7 Å². The number of halogens is 5. The lowest BCUT2D eigenvalue weighted by atomic mass is 9.86. The Kier molecular flexibility index (Phi) is 9.09. The van der Waals surface area contributed by atoms with Gasteiger partial charge in [-0.1, -0.05) is 6.07 Å². The molecule has 1 atom stereocenters. The summed E-state index contributed by atoms with van der Waals surface area (Å²) in [5, 5.41) is 13.6. The van der Waals surface area contributed by atoms with Crippen molar-refractivity contribution in [2.45, 2.75) is 57.4 Å². The number of piperidine rings is 1.